The van der Waals surface area contributed by atoms with Crippen molar-refractivity contribution in [1.82, 2.24) is 5.32 Å². The number of benzene rings is 1. The Bertz CT molecular complexity index is 601. The molecule has 1 aromatic carbocycles. The lowest BCUT2D eigenvalue weighted by Gasteiger charge is -2.23. The molecule has 2 N–H and O–H groups in total. The molecule has 138 valence electrons. The highest BCUT2D eigenvalue weighted by molar-refractivity contribution is 5.80. The number of hydrogen-bond donors (Lipinski definition) is 2. The molecule has 1 amide bonds. The molecule has 1 unspecified atom stereocenters. The molecule has 6 heteroatoms. The fraction of sp³-hybridized carbons (Fsp3) is 0.579. The van der Waals surface area contributed by atoms with E-state index in [1.165, 1.54) is 0 Å². The van der Waals surface area contributed by atoms with Gasteiger partial charge in [0.05, 0.1) is 19.1 Å². The van der Waals surface area contributed by atoms with Crippen molar-refractivity contribution in [2.45, 2.75) is 45.3 Å². The number of carbonyl (C=O) groups is 2. The van der Waals surface area contributed by atoms with E-state index in [1.807, 2.05) is 38.1 Å². The minimum atomic E-state index is -0.815. The lowest BCUT2D eigenvalue weighted by molar-refractivity contribution is -0.141. The summed E-state index contributed by atoms with van der Waals surface area (Å²) in [6.45, 7) is 4.21. The van der Waals surface area contributed by atoms with Crippen molar-refractivity contribution in [1.29, 1.82) is 0 Å². The number of aliphatic carboxylic acids is 1. The standard InChI is InChI=1S/C19H27NO5/c1-12(2)25-17(15-6-4-5-7-16(15)24-3)11-20-18(21)13-8-9-14(10-13)19(22)23/h4-7,12-14,17H,8-11H2,1-3H3,(H,20,21)(H,22,23)/t13-,14+,17?/m1/s1. The van der Waals surface area contributed by atoms with Gasteiger partial charge in [-0.15, -0.1) is 0 Å². The van der Waals surface area contributed by atoms with E-state index >= 15 is 0 Å². The monoisotopic (exact) mass is 349 g/mol. The summed E-state index contributed by atoms with van der Waals surface area (Å²) >= 11 is 0. The molecule has 0 aliphatic heterocycles. The number of amides is 1. The molecule has 0 radical (unpaired) electrons. The van der Waals surface area contributed by atoms with Gasteiger partial charge in [-0.3, -0.25) is 9.59 Å². The fourth-order valence-electron chi connectivity index (χ4n) is 3.27. The quantitative estimate of drug-likeness (QED) is 0.754. The maximum atomic E-state index is 12.4. The van der Waals surface area contributed by atoms with Gasteiger partial charge in [0.25, 0.3) is 0 Å². The Balaban J connectivity index is 2.01. The van der Waals surface area contributed by atoms with Gasteiger partial charge in [-0.05, 0) is 39.2 Å². The van der Waals surface area contributed by atoms with Crippen LogP contribution in [0, 0.1) is 11.8 Å². The van der Waals surface area contributed by atoms with Gasteiger partial charge in [0.1, 0.15) is 11.9 Å². The summed E-state index contributed by atoms with van der Waals surface area (Å²) in [4.78, 5) is 23.4. The van der Waals surface area contributed by atoms with Crippen molar-refractivity contribution in [3.05, 3.63) is 29.8 Å². The molecule has 0 bridgehead atoms. The molecule has 1 fully saturated rings. The third-order valence-corrected chi connectivity index (χ3v) is 4.54. The van der Waals surface area contributed by atoms with E-state index in [1.54, 1.807) is 7.11 Å². The Hall–Kier alpha value is -2.08. The first kappa shape index (κ1) is 19.2. The predicted molar refractivity (Wildman–Crippen MR) is 93.4 cm³/mol. The van der Waals surface area contributed by atoms with Crippen LogP contribution in [-0.4, -0.2) is 36.7 Å². The number of methoxy groups -OCH3 is 1. The molecule has 6 nitrogen and oxygen atoms in total. The van der Waals surface area contributed by atoms with Crippen LogP contribution in [0.4, 0.5) is 0 Å². The third kappa shape index (κ3) is 5.19. The second kappa shape index (κ2) is 8.85. The first-order chi connectivity index (χ1) is 11.9. The highest BCUT2D eigenvalue weighted by atomic mass is 16.5. The van der Waals surface area contributed by atoms with Crippen LogP contribution in [0.3, 0.4) is 0 Å². The van der Waals surface area contributed by atoms with E-state index in [0.717, 1.165) is 5.56 Å². The van der Waals surface area contributed by atoms with Crippen LogP contribution in [0.2, 0.25) is 0 Å². The van der Waals surface area contributed by atoms with Crippen LogP contribution in [0.25, 0.3) is 0 Å². The normalized spacial score (nSPS) is 21.1. The van der Waals surface area contributed by atoms with Crippen LogP contribution in [0.1, 0.15) is 44.8 Å². The zero-order chi connectivity index (χ0) is 18.4. The molecule has 3 atom stereocenters. The topological polar surface area (TPSA) is 84.9 Å². The maximum Gasteiger partial charge on any atom is 0.306 e. The lowest BCUT2D eigenvalue weighted by atomic mass is 10.0. The van der Waals surface area contributed by atoms with E-state index in [-0.39, 0.29) is 24.0 Å². The van der Waals surface area contributed by atoms with E-state index < -0.39 is 11.9 Å². The van der Waals surface area contributed by atoms with Gasteiger partial charge in [0, 0.05) is 18.0 Å². The van der Waals surface area contributed by atoms with Gasteiger partial charge in [-0.25, -0.2) is 0 Å². The average Bonchev–Trinajstić information content (AvgIpc) is 3.08. The highest BCUT2D eigenvalue weighted by Gasteiger charge is 2.34. The van der Waals surface area contributed by atoms with Crippen LogP contribution in [0.5, 0.6) is 5.75 Å². The van der Waals surface area contributed by atoms with E-state index in [2.05, 4.69) is 5.32 Å². The number of hydrogen-bond acceptors (Lipinski definition) is 4. The number of para-hydroxylation sites is 1. The van der Waals surface area contributed by atoms with Crippen LogP contribution < -0.4 is 10.1 Å². The second-order valence-corrected chi connectivity index (χ2v) is 6.71. The number of carbonyl (C=O) groups excluding carboxylic acids is 1. The molecule has 0 spiro atoms. The van der Waals surface area contributed by atoms with Crippen LogP contribution in [0.15, 0.2) is 24.3 Å². The van der Waals surface area contributed by atoms with Crippen molar-refractivity contribution in [3.8, 4) is 5.75 Å². The van der Waals surface area contributed by atoms with E-state index in [9.17, 15) is 9.59 Å². The summed E-state index contributed by atoms with van der Waals surface area (Å²) in [6.07, 6.45) is 1.26. The van der Waals surface area contributed by atoms with Crippen LogP contribution in [-0.2, 0) is 14.3 Å². The molecule has 0 saturated heterocycles. The number of carboxylic acids is 1. The number of ether oxygens (including phenoxy) is 2. The summed E-state index contributed by atoms with van der Waals surface area (Å²) in [5.74, 6) is -0.846. The summed E-state index contributed by atoms with van der Waals surface area (Å²) in [5, 5.41) is 12.0. The molecule has 0 aromatic heterocycles. The molecular weight excluding hydrogens is 322 g/mol. The van der Waals surface area contributed by atoms with E-state index in [4.69, 9.17) is 14.6 Å². The molecule has 2 rings (SSSR count). The van der Waals surface area contributed by atoms with Crippen molar-refractivity contribution in [2.75, 3.05) is 13.7 Å². The smallest absolute Gasteiger partial charge is 0.306 e. The van der Waals surface area contributed by atoms with Crippen molar-refractivity contribution in [3.63, 3.8) is 0 Å². The molecule has 0 heterocycles. The number of carboxylic acid groups (broad SMARTS) is 1. The number of nitrogens with one attached hydrogen (secondary N) is 1. The summed E-state index contributed by atoms with van der Waals surface area (Å²) in [5.41, 5.74) is 0.883. The highest BCUT2D eigenvalue weighted by Crippen LogP contribution is 2.32. The molecule has 25 heavy (non-hydrogen) atoms. The predicted octanol–water partition coefficient (Wildman–Crippen LogP) is 2.78. The Morgan fingerprint density at radius 1 is 1.24 bits per heavy atom. The van der Waals surface area contributed by atoms with Gasteiger partial charge in [0.15, 0.2) is 0 Å². The molecule has 1 aromatic rings. The average molecular weight is 349 g/mol. The zero-order valence-electron chi connectivity index (χ0n) is 15.0. The summed E-state index contributed by atoms with van der Waals surface area (Å²) < 4.78 is 11.4. The SMILES string of the molecule is COc1ccccc1C(CNC(=O)[C@@H]1CC[C@H](C(=O)O)C1)OC(C)C. The Kier molecular flexibility index (Phi) is 6.82. The Morgan fingerprint density at radius 2 is 1.92 bits per heavy atom. The van der Waals surface area contributed by atoms with Crippen molar-refractivity contribution >= 4 is 11.9 Å². The lowest BCUT2D eigenvalue weighted by Crippen LogP contribution is -2.34. The van der Waals surface area contributed by atoms with Gasteiger partial charge >= 0.3 is 5.97 Å². The van der Waals surface area contributed by atoms with Crippen molar-refractivity contribution in [2.24, 2.45) is 11.8 Å². The minimum Gasteiger partial charge on any atom is -0.496 e. The Morgan fingerprint density at radius 3 is 2.52 bits per heavy atom. The molecule has 1 aliphatic rings. The second-order valence-electron chi connectivity index (χ2n) is 6.71. The molecular formula is C19H27NO5. The zero-order valence-corrected chi connectivity index (χ0v) is 15.0. The Labute approximate surface area is 148 Å². The minimum absolute atomic E-state index is 0.00492. The van der Waals surface area contributed by atoms with Gasteiger partial charge in [-0.2, -0.15) is 0 Å². The summed E-state index contributed by atoms with van der Waals surface area (Å²) in [7, 11) is 1.61. The largest absolute Gasteiger partial charge is 0.496 e. The first-order valence-electron chi connectivity index (χ1n) is 8.71. The summed E-state index contributed by atoms with van der Waals surface area (Å²) in [6, 6.07) is 7.58. The van der Waals surface area contributed by atoms with Crippen LogP contribution >= 0.6 is 0 Å². The van der Waals surface area contributed by atoms with Crippen molar-refractivity contribution < 1.29 is 24.2 Å². The molecule has 1 aliphatic carbocycles. The van der Waals surface area contributed by atoms with Gasteiger partial charge in [0.2, 0.25) is 5.91 Å². The fourth-order valence-corrected chi connectivity index (χ4v) is 3.27. The van der Waals surface area contributed by atoms with Gasteiger partial charge < -0.3 is 19.9 Å². The number of rotatable bonds is 8. The molecule has 1 saturated carbocycles. The van der Waals surface area contributed by atoms with E-state index in [0.29, 0.717) is 31.6 Å². The maximum absolute atomic E-state index is 12.4. The third-order valence-electron chi connectivity index (χ3n) is 4.54. The first-order valence-corrected chi connectivity index (χ1v) is 8.71. The van der Waals surface area contributed by atoms with Gasteiger partial charge in [-0.1, -0.05) is 18.2 Å².